The molecule has 0 aromatic heterocycles. The second kappa shape index (κ2) is 17.7. The maximum absolute atomic E-state index is 14.3. The second-order valence-corrected chi connectivity index (χ2v) is 15.2. The van der Waals surface area contributed by atoms with Crippen LogP contribution in [0.15, 0.2) is 157 Å². The van der Waals surface area contributed by atoms with Crippen LogP contribution in [-0.2, 0) is 39.3 Å². The molecule has 0 heterocycles. The molecule has 0 radical (unpaired) electrons. The zero-order chi connectivity index (χ0) is 39.7. The van der Waals surface area contributed by atoms with E-state index < -0.39 is 34.4 Å². The highest BCUT2D eigenvalue weighted by atomic mass is 32.2. The van der Waals surface area contributed by atoms with Crippen molar-refractivity contribution in [1.82, 2.24) is 4.31 Å². The number of amides is 1. The van der Waals surface area contributed by atoms with E-state index in [1.807, 2.05) is 91.9 Å². The van der Waals surface area contributed by atoms with Crippen molar-refractivity contribution in [2.24, 2.45) is 0 Å². The topological polar surface area (TPSA) is 131 Å². The Hall–Kier alpha value is -6.56. The van der Waals surface area contributed by atoms with Gasteiger partial charge < -0.3 is 19.5 Å². The summed E-state index contributed by atoms with van der Waals surface area (Å²) < 4.78 is 40.0. The highest BCUT2D eigenvalue weighted by Gasteiger charge is 2.27. The Morgan fingerprint density at radius 3 is 1.82 bits per heavy atom. The van der Waals surface area contributed by atoms with E-state index in [1.54, 1.807) is 42.5 Å². The van der Waals surface area contributed by atoms with Crippen LogP contribution in [0.4, 0.5) is 5.69 Å². The minimum atomic E-state index is -4.02. The molecular formula is C45H40N2O8S. The SMILES string of the molecule is Cc1ccc(S(=O)(=O)N(C)CC(=O)N(Cc2ccc(-c3ccc(C(=O)O)cc3)cc2)c2ccc(C(=O)OCc3ccccc3)c(OCc3ccccc3)c2)cc1. The van der Waals surface area contributed by atoms with E-state index in [0.29, 0.717) is 5.69 Å². The predicted molar refractivity (Wildman–Crippen MR) is 214 cm³/mol. The molecule has 11 heteroatoms. The van der Waals surface area contributed by atoms with Gasteiger partial charge in [-0.1, -0.05) is 115 Å². The molecule has 1 amide bonds. The van der Waals surface area contributed by atoms with Gasteiger partial charge in [-0.2, -0.15) is 4.31 Å². The number of carbonyl (C=O) groups is 3. The van der Waals surface area contributed by atoms with Gasteiger partial charge in [0, 0.05) is 18.8 Å². The lowest BCUT2D eigenvalue weighted by Gasteiger charge is -2.27. The lowest BCUT2D eigenvalue weighted by molar-refractivity contribution is -0.118. The zero-order valence-electron chi connectivity index (χ0n) is 30.9. The first-order valence-corrected chi connectivity index (χ1v) is 19.2. The molecule has 1 N–H and O–H groups in total. The zero-order valence-corrected chi connectivity index (χ0v) is 31.7. The van der Waals surface area contributed by atoms with Crippen LogP contribution >= 0.6 is 0 Å². The van der Waals surface area contributed by atoms with Gasteiger partial charge in [0.1, 0.15) is 24.5 Å². The Kier molecular flexibility index (Phi) is 12.4. The number of nitrogens with zero attached hydrogens (tertiary/aromatic N) is 2. The van der Waals surface area contributed by atoms with Crippen LogP contribution in [0.2, 0.25) is 0 Å². The van der Waals surface area contributed by atoms with Crippen LogP contribution in [0.3, 0.4) is 0 Å². The van der Waals surface area contributed by atoms with Crippen molar-refractivity contribution in [3.63, 3.8) is 0 Å². The molecule has 0 aliphatic rings. The van der Waals surface area contributed by atoms with Crippen molar-refractivity contribution in [2.45, 2.75) is 31.6 Å². The van der Waals surface area contributed by atoms with Crippen LogP contribution in [0, 0.1) is 6.92 Å². The van der Waals surface area contributed by atoms with E-state index in [0.717, 1.165) is 37.7 Å². The summed E-state index contributed by atoms with van der Waals surface area (Å²) in [6.07, 6.45) is 0. The number of likely N-dealkylation sites (N-methyl/N-ethyl adjacent to an activating group) is 1. The van der Waals surface area contributed by atoms with Crippen molar-refractivity contribution in [3.8, 4) is 16.9 Å². The highest BCUT2D eigenvalue weighted by molar-refractivity contribution is 7.89. The minimum absolute atomic E-state index is 0.0470. The van der Waals surface area contributed by atoms with Crippen LogP contribution in [0.5, 0.6) is 5.75 Å². The predicted octanol–water partition coefficient (Wildman–Crippen LogP) is 8.15. The summed E-state index contributed by atoms with van der Waals surface area (Å²) in [6, 6.07) is 43.8. The summed E-state index contributed by atoms with van der Waals surface area (Å²) in [5.41, 5.74) is 5.65. The number of sulfonamides is 1. The van der Waals surface area contributed by atoms with E-state index in [9.17, 15) is 27.9 Å². The summed E-state index contributed by atoms with van der Waals surface area (Å²) in [6.45, 7) is 1.60. The molecule has 6 rings (SSSR count). The lowest BCUT2D eigenvalue weighted by Crippen LogP contribution is -2.41. The third-order valence-corrected chi connectivity index (χ3v) is 10.9. The highest BCUT2D eigenvalue weighted by Crippen LogP contribution is 2.30. The van der Waals surface area contributed by atoms with Gasteiger partial charge in [-0.15, -0.1) is 0 Å². The maximum atomic E-state index is 14.3. The molecule has 0 saturated carbocycles. The van der Waals surface area contributed by atoms with Crippen molar-refractivity contribution < 1.29 is 37.4 Å². The van der Waals surface area contributed by atoms with Gasteiger partial charge in [0.25, 0.3) is 0 Å². The molecule has 6 aromatic carbocycles. The van der Waals surface area contributed by atoms with E-state index in [1.165, 1.54) is 36.2 Å². The Balaban J connectivity index is 1.33. The van der Waals surface area contributed by atoms with Crippen molar-refractivity contribution in [3.05, 3.63) is 185 Å². The molecule has 284 valence electrons. The smallest absolute Gasteiger partial charge is 0.342 e. The first-order chi connectivity index (χ1) is 27.0. The largest absolute Gasteiger partial charge is 0.488 e. The molecule has 0 spiro atoms. The fourth-order valence-electron chi connectivity index (χ4n) is 5.87. The van der Waals surface area contributed by atoms with Gasteiger partial charge in [0.2, 0.25) is 15.9 Å². The molecule has 0 fully saturated rings. The summed E-state index contributed by atoms with van der Waals surface area (Å²) in [4.78, 5) is 40.6. The van der Waals surface area contributed by atoms with Crippen LogP contribution in [-0.4, -0.2) is 49.3 Å². The number of hydrogen-bond acceptors (Lipinski definition) is 7. The van der Waals surface area contributed by atoms with Gasteiger partial charge in [-0.25, -0.2) is 18.0 Å². The number of benzene rings is 6. The number of anilines is 1. The van der Waals surface area contributed by atoms with Crippen molar-refractivity contribution in [1.29, 1.82) is 0 Å². The maximum Gasteiger partial charge on any atom is 0.342 e. The monoisotopic (exact) mass is 768 g/mol. The number of esters is 1. The first kappa shape index (κ1) is 39.1. The van der Waals surface area contributed by atoms with E-state index >= 15 is 0 Å². The molecule has 0 saturated heterocycles. The van der Waals surface area contributed by atoms with Gasteiger partial charge in [0.15, 0.2) is 0 Å². The number of carboxylic acids is 1. The fourth-order valence-corrected chi connectivity index (χ4v) is 6.99. The molecule has 6 aromatic rings. The Bertz CT molecular complexity index is 2400. The van der Waals surface area contributed by atoms with Gasteiger partial charge in [0.05, 0.1) is 23.5 Å². The number of hydrogen-bond donors (Lipinski definition) is 1. The average molecular weight is 769 g/mol. The molecule has 0 bridgehead atoms. The molecular weight excluding hydrogens is 729 g/mol. The summed E-state index contributed by atoms with van der Waals surface area (Å²) in [7, 11) is -2.66. The third kappa shape index (κ3) is 9.75. The lowest BCUT2D eigenvalue weighted by atomic mass is 10.0. The number of aryl methyl sites for hydroxylation is 1. The van der Waals surface area contributed by atoms with Crippen molar-refractivity contribution in [2.75, 3.05) is 18.5 Å². The van der Waals surface area contributed by atoms with E-state index in [2.05, 4.69) is 0 Å². The molecule has 56 heavy (non-hydrogen) atoms. The molecule has 0 unspecified atom stereocenters. The van der Waals surface area contributed by atoms with Crippen LogP contribution in [0.1, 0.15) is 43.0 Å². The standard InChI is InChI=1S/C45H40N2O8S/c1-32-13-24-40(25-14-32)56(52,53)46(2)29-43(48)47(28-33-15-17-36(18-16-33)37-19-21-38(22-20-37)44(49)50)39-23-26-41(45(51)55-31-35-11-7-4-8-12-35)42(27-39)54-30-34-9-5-3-6-10-34/h3-27H,28-31H2,1-2H3,(H,49,50). The molecule has 0 aliphatic carbocycles. The van der Waals surface area contributed by atoms with Crippen molar-refractivity contribution >= 4 is 33.6 Å². The summed E-state index contributed by atoms with van der Waals surface area (Å²) >= 11 is 0. The Morgan fingerprint density at radius 2 is 1.23 bits per heavy atom. The fraction of sp³-hybridized carbons (Fsp3) is 0.133. The van der Waals surface area contributed by atoms with Gasteiger partial charge in [-0.05, 0) is 71.1 Å². The van der Waals surface area contributed by atoms with E-state index in [-0.39, 0.29) is 41.5 Å². The molecule has 0 atom stereocenters. The number of ether oxygens (including phenoxy) is 2. The van der Waals surface area contributed by atoms with Gasteiger partial charge in [-0.3, -0.25) is 4.79 Å². The average Bonchev–Trinajstić information content (AvgIpc) is 3.22. The minimum Gasteiger partial charge on any atom is -0.488 e. The Morgan fingerprint density at radius 1 is 0.661 bits per heavy atom. The number of aromatic carboxylic acids is 1. The number of rotatable bonds is 15. The number of carboxylic acid groups (broad SMARTS) is 1. The summed E-state index contributed by atoms with van der Waals surface area (Å²) in [5.74, 6) is -1.97. The second-order valence-electron chi connectivity index (χ2n) is 13.1. The van der Waals surface area contributed by atoms with Crippen LogP contribution < -0.4 is 9.64 Å². The first-order valence-electron chi connectivity index (χ1n) is 17.8. The van der Waals surface area contributed by atoms with Gasteiger partial charge >= 0.3 is 11.9 Å². The Labute approximate surface area is 326 Å². The van der Waals surface area contributed by atoms with E-state index in [4.69, 9.17) is 9.47 Å². The number of carbonyl (C=O) groups excluding carboxylic acids is 2. The summed E-state index contributed by atoms with van der Waals surface area (Å²) in [5, 5.41) is 9.28. The normalized spacial score (nSPS) is 11.2. The molecule has 10 nitrogen and oxygen atoms in total. The molecule has 0 aliphatic heterocycles. The quantitative estimate of drug-likeness (QED) is 0.104. The van der Waals surface area contributed by atoms with Crippen LogP contribution in [0.25, 0.3) is 11.1 Å². The third-order valence-electron chi connectivity index (χ3n) is 9.09.